The van der Waals surface area contributed by atoms with E-state index in [-0.39, 0.29) is 0 Å². The molecule has 0 saturated carbocycles. The number of fused-ring (bicyclic) bond motifs is 7. The Balaban J connectivity index is 2.08. The highest BCUT2D eigenvalue weighted by molar-refractivity contribution is 7.26. The molecule has 0 amide bonds. The van der Waals surface area contributed by atoms with Gasteiger partial charge in [0, 0.05) is 26.2 Å². The van der Waals surface area contributed by atoms with Gasteiger partial charge in [-0.05, 0) is 12.1 Å². The van der Waals surface area contributed by atoms with Crippen molar-refractivity contribution < 1.29 is 0 Å². The minimum absolute atomic E-state index is 1.16. The molecule has 2 aromatic carbocycles. The van der Waals surface area contributed by atoms with Gasteiger partial charge >= 0.3 is 0 Å². The summed E-state index contributed by atoms with van der Waals surface area (Å²) in [5, 5.41) is 4.05. The molecule has 0 bridgehead atoms. The van der Waals surface area contributed by atoms with E-state index in [1.807, 2.05) is 23.5 Å². The first-order valence-corrected chi connectivity index (χ1v) is 7.45. The van der Waals surface area contributed by atoms with Crippen LogP contribution >= 0.6 is 11.3 Å². The quantitative estimate of drug-likeness (QED) is 0.414. The van der Waals surface area contributed by atoms with E-state index in [1.165, 1.54) is 36.6 Å². The van der Waals surface area contributed by atoms with Crippen molar-refractivity contribution in [3.05, 3.63) is 59.8 Å². The van der Waals surface area contributed by atoms with Crippen LogP contribution in [-0.4, -0.2) is 4.98 Å². The van der Waals surface area contributed by atoms with E-state index in [1.54, 1.807) is 0 Å². The average molecular weight is 272 g/mol. The summed E-state index contributed by atoms with van der Waals surface area (Å²) in [5.41, 5.74) is 3.65. The molecule has 0 spiro atoms. The van der Waals surface area contributed by atoms with E-state index >= 15 is 0 Å². The molecule has 1 N–H and O–H groups in total. The van der Waals surface area contributed by atoms with Crippen molar-refractivity contribution in [2.24, 2.45) is 0 Å². The highest BCUT2D eigenvalue weighted by Gasteiger charge is 2.20. The monoisotopic (exact) mass is 272 g/mol. The van der Waals surface area contributed by atoms with Crippen molar-refractivity contribution in [2.45, 2.75) is 0 Å². The van der Waals surface area contributed by atoms with Crippen LogP contribution in [0.4, 0.5) is 0 Å². The van der Waals surface area contributed by atoms with E-state index < -0.39 is 0 Å². The van der Waals surface area contributed by atoms with Gasteiger partial charge in [-0.1, -0.05) is 24.3 Å². The van der Waals surface area contributed by atoms with Crippen molar-refractivity contribution in [2.75, 3.05) is 0 Å². The molecule has 1 nitrogen and oxygen atoms in total. The Morgan fingerprint density at radius 3 is 2.95 bits per heavy atom. The predicted molar refractivity (Wildman–Crippen MR) is 87.9 cm³/mol. The maximum atomic E-state index is 3.49. The Labute approximate surface area is 119 Å². The highest BCUT2D eigenvalue weighted by atomic mass is 32.1. The first-order valence-electron chi connectivity index (χ1n) is 6.63. The molecule has 0 atom stereocenters. The van der Waals surface area contributed by atoms with Gasteiger partial charge < -0.3 is 4.98 Å². The number of nitrogens with one attached hydrogen (secondary N) is 1. The first-order chi connectivity index (χ1) is 9.92. The van der Waals surface area contributed by atoms with Gasteiger partial charge in [0.15, 0.2) is 5.69 Å². The minimum atomic E-state index is 1.16. The Kier molecular flexibility index (Phi) is 1.86. The number of rotatable bonds is 0. The fourth-order valence-corrected chi connectivity index (χ4v) is 4.32. The van der Waals surface area contributed by atoms with Gasteiger partial charge in [-0.2, -0.15) is 0 Å². The minimum Gasteiger partial charge on any atom is -0.300 e. The summed E-state index contributed by atoms with van der Waals surface area (Å²) in [6.45, 7) is 0. The number of H-pyrrole nitrogens is 1. The average Bonchev–Trinajstić information content (AvgIpc) is 3.04. The van der Waals surface area contributed by atoms with Crippen LogP contribution in [0, 0.1) is 6.08 Å². The van der Waals surface area contributed by atoms with Crippen LogP contribution in [-0.2, 0) is 0 Å². The van der Waals surface area contributed by atoms with Crippen LogP contribution in [0.2, 0.25) is 0 Å². The van der Waals surface area contributed by atoms with Crippen molar-refractivity contribution in [3.63, 3.8) is 0 Å². The molecule has 1 aliphatic rings. The number of benzene rings is 2. The molecule has 2 heteroatoms. The summed E-state index contributed by atoms with van der Waals surface area (Å²) in [5.74, 6) is 0. The molecule has 0 unspecified atom stereocenters. The summed E-state index contributed by atoms with van der Waals surface area (Å²) in [4.78, 5) is 3.49. The van der Waals surface area contributed by atoms with Gasteiger partial charge in [0.05, 0.1) is 17.0 Å². The summed E-state index contributed by atoms with van der Waals surface area (Å²) in [7, 11) is 0. The molecule has 0 fully saturated rings. The summed E-state index contributed by atoms with van der Waals surface area (Å²) >= 11 is 1.88. The second kappa shape index (κ2) is 3.57. The summed E-state index contributed by atoms with van der Waals surface area (Å²) in [6.07, 6.45) is 9.30. The zero-order valence-corrected chi connectivity index (χ0v) is 11.4. The summed E-state index contributed by atoms with van der Waals surface area (Å²) in [6, 6.07) is 13.1. The molecule has 2 aromatic heterocycles. The lowest BCUT2D eigenvalue weighted by Gasteiger charge is -1.94. The molecule has 1 aliphatic carbocycles. The maximum absolute atomic E-state index is 3.49. The smallest absolute Gasteiger partial charge is 0.159 e. The molecule has 0 saturated heterocycles. The van der Waals surface area contributed by atoms with Gasteiger partial charge in [0.2, 0.25) is 0 Å². The zero-order valence-electron chi connectivity index (χ0n) is 10.6. The summed E-state index contributed by atoms with van der Waals surface area (Å²) < 4.78 is 2.73. The molecule has 2 heterocycles. The molecular weight excluding hydrogens is 262 g/mol. The van der Waals surface area contributed by atoms with Crippen molar-refractivity contribution in [3.8, 4) is 0 Å². The highest BCUT2D eigenvalue weighted by Crippen LogP contribution is 2.41. The number of allylic oxidation sites excluding steroid dienone is 2. The third kappa shape index (κ3) is 1.20. The molecule has 0 aliphatic heterocycles. The zero-order chi connectivity index (χ0) is 13.1. The third-order valence-electron chi connectivity index (χ3n) is 3.95. The largest absolute Gasteiger partial charge is 0.300 e. The number of hydrogen-bond acceptors (Lipinski definition) is 1. The van der Waals surface area contributed by atoms with Crippen LogP contribution in [0.25, 0.3) is 43.2 Å². The first kappa shape index (κ1) is 10.4. The third-order valence-corrected chi connectivity index (χ3v) is 5.15. The standard InChI is InChI=1S/C18H10NS/c1-3-7-14-13(6-1)17-15(19-14)10-9-12-11-5-2-4-8-16(11)20-18(12)17/h1-2,4-10,19H/q+1. The van der Waals surface area contributed by atoms with Crippen LogP contribution in [0.3, 0.4) is 0 Å². The van der Waals surface area contributed by atoms with Crippen LogP contribution < -0.4 is 0 Å². The molecule has 20 heavy (non-hydrogen) atoms. The van der Waals surface area contributed by atoms with Crippen LogP contribution in [0.15, 0.2) is 42.5 Å². The van der Waals surface area contributed by atoms with E-state index in [4.69, 9.17) is 0 Å². The Morgan fingerprint density at radius 1 is 1.00 bits per heavy atom. The normalized spacial score (nSPS) is 13.2. The molecule has 4 aromatic rings. The second-order valence-electron chi connectivity index (χ2n) is 5.06. The van der Waals surface area contributed by atoms with Crippen molar-refractivity contribution in [1.82, 2.24) is 4.98 Å². The van der Waals surface area contributed by atoms with Crippen molar-refractivity contribution in [1.29, 1.82) is 0 Å². The van der Waals surface area contributed by atoms with E-state index in [0.717, 1.165) is 5.69 Å². The van der Waals surface area contributed by atoms with E-state index in [0.29, 0.717) is 0 Å². The molecule has 92 valence electrons. The lowest BCUT2D eigenvalue weighted by atomic mass is 10.0. The maximum Gasteiger partial charge on any atom is 0.159 e. The number of aromatic amines is 1. The predicted octanol–water partition coefficient (Wildman–Crippen LogP) is 5.38. The fourth-order valence-electron chi connectivity index (χ4n) is 3.06. The topological polar surface area (TPSA) is 15.8 Å². The Bertz CT molecular complexity index is 1040. The fraction of sp³-hybridized carbons (Fsp3) is 0. The second-order valence-corrected chi connectivity index (χ2v) is 6.11. The molecule has 0 radical (unpaired) electrons. The lowest BCUT2D eigenvalue weighted by molar-refractivity contribution is 1.41. The lowest BCUT2D eigenvalue weighted by Crippen LogP contribution is -1.79. The Morgan fingerprint density at radius 2 is 1.95 bits per heavy atom. The van der Waals surface area contributed by atoms with Crippen LogP contribution in [0.1, 0.15) is 11.3 Å². The van der Waals surface area contributed by atoms with Gasteiger partial charge in [0.1, 0.15) is 17.7 Å². The van der Waals surface area contributed by atoms with E-state index in [2.05, 4.69) is 53.5 Å². The van der Waals surface area contributed by atoms with Gasteiger partial charge in [-0.3, -0.25) is 0 Å². The molecule has 5 rings (SSSR count). The molecular formula is C18H10NS+. The Hall–Kier alpha value is -2.41. The SMILES string of the molecule is [C+]1=Cc2[nH]c3ccc4c5ccccc5sc4c3c2C=C1. The van der Waals surface area contributed by atoms with Gasteiger partial charge in [-0.15, -0.1) is 11.3 Å². The van der Waals surface area contributed by atoms with Gasteiger partial charge in [-0.25, -0.2) is 0 Å². The van der Waals surface area contributed by atoms with E-state index in [9.17, 15) is 0 Å². The van der Waals surface area contributed by atoms with Crippen LogP contribution in [0.5, 0.6) is 0 Å². The number of thiophene rings is 1. The van der Waals surface area contributed by atoms with Crippen molar-refractivity contribution >= 4 is 54.6 Å². The van der Waals surface area contributed by atoms with Gasteiger partial charge in [0.25, 0.3) is 0 Å². The number of hydrogen-bond donors (Lipinski definition) is 1. The number of aromatic nitrogens is 1.